The highest BCUT2D eigenvalue weighted by molar-refractivity contribution is 9.09. The number of alkyl halides is 1. The van der Waals surface area contributed by atoms with Crippen LogP contribution in [-0.4, -0.2) is 37.0 Å². The number of rotatable bonds is 18. The van der Waals surface area contributed by atoms with Gasteiger partial charge in [-0.1, -0.05) is 93.5 Å². The Hall–Kier alpha value is 0.440. The summed E-state index contributed by atoms with van der Waals surface area (Å²) in [5, 5.41) is 1.16. The molecule has 0 aliphatic heterocycles. The van der Waals surface area contributed by atoms with Gasteiger partial charge in [0.15, 0.2) is 0 Å². The molecule has 0 aromatic rings. The molecule has 0 unspecified atom stereocenters. The molecule has 1 nitrogen and oxygen atoms in total. The van der Waals surface area contributed by atoms with Gasteiger partial charge in [0.2, 0.25) is 0 Å². The second-order valence-electron chi connectivity index (χ2n) is 8.02. The highest BCUT2D eigenvalue weighted by atomic mass is 79.9. The summed E-state index contributed by atoms with van der Waals surface area (Å²) in [6, 6.07) is 0. The Balaban J connectivity index is 3.20. The van der Waals surface area contributed by atoms with Crippen molar-refractivity contribution in [2.45, 2.75) is 103 Å². The fourth-order valence-electron chi connectivity index (χ4n) is 3.30. The molecule has 0 saturated carbocycles. The van der Waals surface area contributed by atoms with Crippen LogP contribution in [0.1, 0.15) is 103 Å². The van der Waals surface area contributed by atoms with Crippen LogP contribution in [0, 0.1) is 0 Å². The lowest BCUT2D eigenvalue weighted by Gasteiger charge is -2.29. The third-order valence-electron chi connectivity index (χ3n) is 5.01. The van der Waals surface area contributed by atoms with Crippen molar-refractivity contribution in [3.63, 3.8) is 0 Å². The Morgan fingerprint density at radius 3 is 1.26 bits per heavy atom. The Bertz CT molecular complexity index is 228. The highest BCUT2D eigenvalue weighted by Gasteiger charge is 2.13. The maximum absolute atomic E-state index is 3.53. The molecule has 0 aromatic heterocycles. The van der Waals surface area contributed by atoms with Gasteiger partial charge in [0, 0.05) is 5.33 Å². The average molecular weight is 392 g/mol. The minimum absolute atomic E-state index is 1.16. The van der Waals surface area contributed by atoms with Crippen molar-refractivity contribution in [2.75, 3.05) is 32.5 Å². The van der Waals surface area contributed by atoms with Gasteiger partial charge < -0.3 is 4.48 Å². The first kappa shape index (κ1) is 23.4. The molecule has 0 rings (SSSR count). The zero-order valence-corrected chi connectivity index (χ0v) is 18.1. The molecule has 0 N–H and O–H groups in total. The monoisotopic (exact) mass is 390 g/mol. The van der Waals surface area contributed by atoms with Crippen LogP contribution in [0.15, 0.2) is 0 Å². The zero-order chi connectivity index (χ0) is 17.2. The summed E-state index contributed by atoms with van der Waals surface area (Å²) in [4.78, 5) is 0. The van der Waals surface area contributed by atoms with Crippen molar-refractivity contribution < 1.29 is 4.48 Å². The van der Waals surface area contributed by atoms with Crippen LogP contribution < -0.4 is 0 Å². The van der Waals surface area contributed by atoms with E-state index in [-0.39, 0.29) is 0 Å². The van der Waals surface area contributed by atoms with Crippen LogP contribution in [-0.2, 0) is 0 Å². The number of nitrogens with zero attached hydrogens (tertiary/aromatic N) is 1. The first-order valence-electron chi connectivity index (χ1n) is 10.5. The summed E-state index contributed by atoms with van der Waals surface area (Å²) >= 11 is 3.53. The number of quaternary nitrogens is 1. The van der Waals surface area contributed by atoms with Crippen LogP contribution in [0.2, 0.25) is 0 Å². The number of halogens is 1. The molecule has 0 amide bonds. The minimum atomic E-state index is 1.16. The zero-order valence-electron chi connectivity index (χ0n) is 16.6. The summed E-state index contributed by atoms with van der Waals surface area (Å²) in [6.45, 7) is 4.99. The molecule has 23 heavy (non-hydrogen) atoms. The number of unbranched alkanes of at least 4 members (excludes halogenated alkanes) is 13. The largest absolute Gasteiger partial charge is 0.328 e. The van der Waals surface area contributed by atoms with Gasteiger partial charge in [-0.3, -0.25) is 0 Å². The van der Waals surface area contributed by atoms with Crippen LogP contribution >= 0.6 is 15.9 Å². The third kappa shape index (κ3) is 18.6. The molecule has 0 bridgehead atoms. The molecule has 2 heteroatoms. The van der Waals surface area contributed by atoms with E-state index in [1.807, 2.05) is 0 Å². The summed E-state index contributed by atoms with van der Waals surface area (Å²) in [5.74, 6) is 0. The predicted octanol–water partition coefficient (Wildman–Crippen LogP) is 7.33. The van der Waals surface area contributed by atoms with Gasteiger partial charge in [-0.2, -0.15) is 0 Å². The van der Waals surface area contributed by atoms with Gasteiger partial charge in [-0.05, 0) is 25.7 Å². The second-order valence-corrected chi connectivity index (χ2v) is 8.81. The summed E-state index contributed by atoms with van der Waals surface area (Å²) < 4.78 is 1.21. The molecule has 0 atom stereocenters. The lowest BCUT2D eigenvalue weighted by Crippen LogP contribution is -2.41. The molecule has 0 aromatic carbocycles. The molecule has 0 saturated heterocycles. The van der Waals surface area contributed by atoms with Crippen molar-refractivity contribution >= 4 is 15.9 Å². The van der Waals surface area contributed by atoms with Crippen molar-refractivity contribution in [3.8, 4) is 0 Å². The first-order valence-corrected chi connectivity index (χ1v) is 11.6. The summed E-state index contributed by atoms with van der Waals surface area (Å²) in [7, 11) is 4.80. The molecule has 0 fully saturated rings. The van der Waals surface area contributed by atoms with E-state index < -0.39 is 0 Å². The van der Waals surface area contributed by atoms with Crippen LogP contribution in [0.25, 0.3) is 0 Å². The predicted molar refractivity (Wildman–Crippen MR) is 111 cm³/mol. The second kappa shape index (κ2) is 17.3. The lowest BCUT2D eigenvalue weighted by atomic mass is 10.0. The Kier molecular flexibility index (Phi) is 17.6. The molecule has 0 aliphatic carbocycles. The first-order chi connectivity index (χ1) is 11.1. The van der Waals surface area contributed by atoms with Gasteiger partial charge in [0.05, 0.1) is 27.2 Å². The molecule has 0 radical (unpaired) electrons. The van der Waals surface area contributed by atoms with Crippen molar-refractivity contribution in [3.05, 3.63) is 0 Å². The number of hydrogen-bond donors (Lipinski definition) is 0. The van der Waals surface area contributed by atoms with E-state index in [2.05, 4.69) is 36.9 Å². The fraction of sp³-hybridized carbons (Fsp3) is 1.00. The number of hydrogen-bond acceptors (Lipinski definition) is 0. The Labute approximate surface area is 156 Å². The SMILES string of the molecule is CCCCCCCCCCCCCCC[N+](C)(C)CCCCBr. The van der Waals surface area contributed by atoms with E-state index in [9.17, 15) is 0 Å². The Morgan fingerprint density at radius 1 is 0.522 bits per heavy atom. The van der Waals surface area contributed by atoms with Crippen LogP contribution in [0.3, 0.4) is 0 Å². The van der Waals surface area contributed by atoms with E-state index in [0.29, 0.717) is 0 Å². The average Bonchev–Trinajstić information content (AvgIpc) is 2.52. The third-order valence-corrected chi connectivity index (χ3v) is 5.57. The smallest absolute Gasteiger partial charge is 0.0782 e. The molecule has 0 aliphatic rings. The van der Waals surface area contributed by atoms with Gasteiger partial charge in [-0.15, -0.1) is 0 Å². The Morgan fingerprint density at radius 2 is 0.870 bits per heavy atom. The lowest BCUT2D eigenvalue weighted by molar-refractivity contribution is -0.890. The highest BCUT2D eigenvalue weighted by Crippen LogP contribution is 2.13. The van der Waals surface area contributed by atoms with Crippen molar-refractivity contribution in [1.29, 1.82) is 0 Å². The van der Waals surface area contributed by atoms with Crippen molar-refractivity contribution in [2.24, 2.45) is 0 Å². The molecule has 0 heterocycles. The maximum Gasteiger partial charge on any atom is 0.0782 e. The van der Waals surface area contributed by atoms with Crippen LogP contribution in [0.5, 0.6) is 0 Å². The van der Waals surface area contributed by atoms with E-state index in [1.165, 1.54) is 114 Å². The molecular weight excluding hydrogens is 346 g/mol. The van der Waals surface area contributed by atoms with Crippen molar-refractivity contribution in [1.82, 2.24) is 0 Å². The maximum atomic E-state index is 3.53. The van der Waals surface area contributed by atoms with E-state index in [1.54, 1.807) is 0 Å². The van der Waals surface area contributed by atoms with Gasteiger partial charge in [-0.25, -0.2) is 0 Å². The van der Waals surface area contributed by atoms with E-state index >= 15 is 0 Å². The normalized spacial score (nSPS) is 12.0. The van der Waals surface area contributed by atoms with Crippen LogP contribution in [0.4, 0.5) is 0 Å². The molecular formula is C21H45BrN+. The topological polar surface area (TPSA) is 0 Å². The van der Waals surface area contributed by atoms with E-state index in [0.717, 1.165) is 5.33 Å². The van der Waals surface area contributed by atoms with Gasteiger partial charge in [0.1, 0.15) is 0 Å². The standard InChI is InChI=1S/C21H45BrN/c1-4-5-6-7-8-9-10-11-12-13-14-15-17-20-23(2,3)21-18-16-19-22/h4-21H2,1-3H3/q+1. The quantitative estimate of drug-likeness (QED) is 0.130. The fourth-order valence-corrected chi connectivity index (χ4v) is 3.70. The van der Waals surface area contributed by atoms with Gasteiger partial charge in [0.25, 0.3) is 0 Å². The summed E-state index contributed by atoms with van der Waals surface area (Å²) in [6.07, 6.45) is 21.6. The summed E-state index contributed by atoms with van der Waals surface area (Å²) in [5.41, 5.74) is 0. The van der Waals surface area contributed by atoms with Gasteiger partial charge >= 0.3 is 0 Å². The van der Waals surface area contributed by atoms with E-state index in [4.69, 9.17) is 0 Å². The molecule has 0 spiro atoms. The molecule has 140 valence electrons. The minimum Gasteiger partial charge on any atom is -0.328 e.